The van der Waals surface area contributed by atoms with Crippen LogP contribution < -0.4 is 15.8 Å². The Balaban J connectivity index is 2.02. The molecule has 23 heavy (non-hydrogen) atoms. The van der Waals surface area contributed by atoms with Crippen molar-refractivity contribution in [2.75, 3.05) is 25.2 Å². The first-order chi connectivity index (χ1) is 11.1. The Morgan fingerprint density at radius 1 is 1.48 bits per heavy atom. The molecule has 1 heterocycles. The maximum absolute atomic E-state index is 12.0. The zero-order valence-corrected chi connectivity index (χ0v) is 14.3. The fourth-order valence-electron chi connectivity index (χ4n) is 2.12. The molecular weight excluding hydrogens is 341 g/mol. The Labute approximate surface area is 145 Å². The molecular formula is C15H20Cl2N3O3+. The van der Waals surface area contributed by atoms with Crippen LogP contribution in [0.15, 0.2) is 18.2 Å². The molecule has 126 valence electrons. The van der Waals surface area contributed by atoms with Crippen LogP contribution in [0.4, 0.5) is 5.69 Å². The summed E-state index contributed by atoms with van der Waals surface area (Å²) in [5.41, 5.74) is 6.21. The minimum atomic E-state index is -0.490. The van der Waals surface area contributed by atoms with E-state index < -0.39 is 5.97 Å². The Bertz CT molecular complexity index is 575. The second-order valence-electron chi connectivity index (χ2n) is 4.99. The lowest BCUT2D eigenvalue weighted by Gasteiger charge is -2.09. The second-order valence-corrected chi connectivity index (χ2v) is 5.83. The average molecular weight is 361 g/mol. The number of anilines is 1. The summed E-state index contributed by atoms with van der Waals surface area (Å²) in [5.74, 6) is -0.297. The number of carbonyl (C=O) groups excluding carboxylic acids is 1. The van der Waals surface area contributed by atoms with E-state index in [1.54, 1.807) is 25.1 Å². The maximum Gasteiger partial charge on any atom is 0.423 e. The van der Waals surface area contributed by atoms with E-state index in [9.17, 15) is 4.79 Å². The first-order valence-electron chi connectivity index (χ1n) is 7.46. The highest BCUT2D eigenvalue weighted by atomic mass is 35.5. The van der Waals surface area contributed by atoms with Crippen molar-refractivity contribution in [3.05, 3.63) is 28.2 Å². The van der Waals surface area contributed by atoms with E-state index in [1.165, 1.54) is 0 Å². The van der Waals surface area contributed by atoms with Crippen molar-refractivity contribution in [2.45, 2.75) is 25.9 Å². The van der Waals surface area contributed by atoms with Gasteiger partial charge in [-0.05, 0) is 38.0 Å². The molecule has 0 saturated carbocycles. The van der Waals surface area contributed by atoms with E-state index in [1.807, 2.05) is 0 Å². The van der Waals surface area contributed by atoms with Gasteiger partial charge in [0.25, 0.3) is 0 Å². The third-order valence-corrected chi connectivity index (χ3v) is 3.83. The van der Waals surface area contributed by atoms with Gasteiger partial charge >= 0.3 is 11.8 Å². The number of nitrogens with one attached hydrogen (secondary N) is 3. The SMILES string of the molecule is CCOC(=O)C(NNc1cc(Cl)ccc1Cl)=[NH+]C[C@H]1CCCO1. The highest BCUT2D eigenvalue weighted by Gasteiger charge is 2.23. The predicted octanol–water partition coefficient (Wildman–Crippen LogP) is 1.13. The molecule has 0 amide bonds. The standard InChI is InChI=1S/C15H19Cl2N3O3/c1-2-22-15(21)14(18-9-11-4-3-7-23-11)20-19-13-8-10(16)5-6-12(13)17/h5-6,8,11,19H,2-4,7,9H2,1H3,(H,18,20)/p+1/t11-/m1/s1. The van der Waals surface area contributed by atoms with Gasteiger partial charge in [0, 0.05) is 11.6 Å². The maximum atomic E-state index is 12.0. The molecule has 3 N–H and O–H groups in total. The number of halogens is 2. The van der Waals surface area contributed by atoms with Crippen LogP contribution in [0.25, 0.3) is 0 Å². The fraction of sp³-hybridized carbons (Fsp3) is 0.467. The van der Waals surface area contributed by atoms with Gasteiger partial charge in [0.15, 0.2) is 0 Å². The molecule has 6 nitrogen and oxygen atoms in total. The van der Waals surface area contributed by atoms with Gasteiger partial charge in [0.05, 0.1) is 23.4 Å². The third kappa shape index (κ3) is 5.57. The average Bonchev–Trinajstić information content (AvgIpc) is 3.04. The fourth-order valence-corrected chi connectivity index (χ4v) is 2.45. The highest BCUT2D eigenvalue weighted by Crippen LogP contribution is 2.24. The number of hydrogen-bond donors (Lipinski definition) is 3. The molecule has 1 fully saturated rings. The van der Waals surface area contributed by atoms with Crippen molar-refractivity contribution in [3.63, 3.8) is 0 Å². The van der Waals surface area contributed by atoms with Crippen LogP contribution in [0, 0.1) is 0 Å². The van der Waals surface area contributed by atoms with E-state index >= 15 is 0 Å². The van der Waals surface area contributed by atoms with E-state index in [0.29, 0.717) is 22.3 Å². The van der Waals surface area contributed by atoms with Gasteiger partial charge in [-0.15, -0.1) is 0 Å². The molecule has 0 bridgehead atoms. The molecule has 0 spiro atoms. The number of ether oxygens (including phenoxy) is 2. The summed E-state index contributed by atoms with van der Waals surface area (Å²) in [5, 5.41) is 1.01. The molecule has 1 aromatic carbocycles. The molecule has 1 aliphatic rings. The smallest absolute Gasteiger partial charge is 0.423 e. The number of esters is 1. The quantitative estimate of drug-likeness (QED) is 0.317. The zero-order chi connectivity index (χ0) is 16.7. The van der Waals surface area contributed by atoms with Crippen LogP contribution in [-0.4, -0.2) is 37.7 Å². The summed E-state index contributed by atoms with van der Waals surface area (Å²) in [7, 11) is 0. The summed E-state index contributed by atoms with van der Waals surface area (Å²) in [6, 6.07) is 5.00. The van der Waals surface area contributed by atoms with Crippen molar-refractivity contribution in [1.82, 2.24) is 5.43 Å². The van der Waals surface area contributed by atoms with Gasteiger partial charge in [-0.2, -0.15) is 5.43 Å². The lowest BCUT2D eigenvalue weighted by molar-refractivity contribution is -0.470. The Morgan fingerprint density at radius 2 is 2.30 bits per heavy atom. The van der Waals surface area contributed by atoms with Crippen molar-refractivity contribution < 1.29 is 19.3 Å². The molecule has 2 rings (SSSR count). The van der Waals surface area contributed by atoms with Gasteiger partial charge in [-0.3, -0.25) is 4.99 Å². The number of benzene rings is 1. The van der Waals surface area contributed by atoms with E-state index in [2.05, 4.69) is 15.8 Å². The van der Waals surface area contributed by atoms with Gasteiger partial charge in [-0.1, -0.05) is 23.2 Å². The van der Waals surface area contributed by atoms with Gasteiger partial charge in [0.1, 0.15) is 6.54 Å². The number of amidine groups is 1. The molecule has 1 saturated heterocycles. The van der Waals surface area contributed by atoms with Crippen LogP contribution in [0.3, 0.4) is 0 Å². The normalized spacial score (nSPS) is 17.9. The Kier molecular flexibility index (Phi) is 6.95. The Hall–Kier alpha value is -1.50. The van der Waals surface area contributed by atoms with Gasteiger partial charge < -0.3 is 9.47 Å². The molecule has 0 unspecified atom stereocenters. The molecule has 1 atom stereocenters. The largest absolute Gasteiger partial charge is 0.457 e. The van der Waals surface area contributed by atoms with Gasteiger partial charge in [0.2, 0.25) is 0 Å². The predicted molar refractivity (Wildman–Crippen MR) is 89.7 cm³/mol. The van der Waals surface area contributed by atoms with E-state index in [4.69, 9.17) is 32.7 Å². The Morgan fingerprint density at radius 3 is 3.00 bits per heavy atom. The van der Waals surface area contributed by atoms with Crippen LogP contribution in [0.5, 0.6) is 0 Å². The summed E-state index contributed by atoms with van der Waals surface area (Å²) in [4.78, 5) is 15.0. The molecule has 0 aromatic heterocycles. The van der Waals surface area contributed by atoms with Crippen LogP contribution in [0.2, 0.25) is 10.0 Å². The lowest BCUT2D eigenvalue weighted by atomic mass is 10.2. The molecule has 8 heteroatoms. The number of rotatable bonds is 5. The zero-order valence-electron chi connectivity index (χ0n) is 12.8. The molecule has 1 aromatic rings. The van der Waals surface area contributed by atoms with E-state index in [0.717, 1.165) is 19.4 Å². The van der Waals surface area contributed by atoms with E-state index in [-0.39, 0.29) is 18.5 Å². The monoisotopic (exact) mass is 360 g/mol. The van der Waals surface area contributed by atoms with Crippen LogP contribution in [0.1, 0.15) is 19.8 Å². The lowest BCUT2D eigenvalue weighted by Crippen LogP contribution is -2.80. The first-order valence-corrected chi connectivity index (χ1v) is 8.22. The number of hydrogen-bond acceptors (Lipinski definition) is 4. The number of carbonyl (C=O) groups is 1. The van der Waals surface area contributed by atoms with Crippen molar-refractivity contribution in [2.24, 2.45) is 0 Å². The number of hydrazine groups is 1. The molecule has 0 radical (unpaired) electrons. The molecule has 0 aliphatic carbocycles. The van der Waals surface area contributed by atoms with Crippen LogP contribution in [-0.2, 0) is 14.3 Å². The summed E-state index contributed by atoms with van der Waals surface area (Å²) < 4.78 is 10.5. The highest BCUT2D eigenvalue weighted by molar-refractivity contribution is 6.35. The summed E-state index contributed by atoms with van der Waals surface area (Å²) >= 11 is 12.0. The minimum absolute atomic E-state index is 0.0935. The van der Waals surface area contributed by atoms with Crippen LogP contribution >= 0.6 is 23.2 Å². The summed E-state index contributed by atoms with van der Waals surface area (Å²) in [6.45, 7) is 3.30. The molecule has 1 aliphatic heterocycles. The van der Waals surface area contributed by atoms with Crippen molar-refractivity contribution >= 4 is 40.7 Å². The second kappa shape index (κ2) is 8.96. The van der Waals surface area contributed by atoms with Crippen molar-refractivity contribution in [1.29, 1.82) is 0 Å². The minimum Gasteiger partial charge on any atom is -0.457 e. The van der Waals surface area contributed by atoms with Crippen molar-refractivity contribution in [3.8, 4) is 0 Å². The third-order valence-electron chi connectivity index (χ3n) is 3.26. The topological polar surface area (TPSA) is 73.6 Å². The summed E-state index contributed by atoms with van der Waals surface area (Å²) in [6.07, 6.45) is 2.10. The first kappa shape index (κ1) is 17.8. The van der Waals surface area contributed by atoms with Gasteiger partial charge in [-0.25, -0.2) is 10.2 Å².